The number of hydrogen-bond acceptors (Lipinski definition) is 3. The van der Waals surface area contributed by atoms with Crippen LogP contribution < -0.4 is 0 Å². The Morgan fingerprint density at radius 3 is 2.36 bits per heavy atom. The van der Waals surface area contributed by atoms with Crippen molar-refractivity contribution >= 4 is 11.8 Å². The summed E-state index contributed by atoms with van der Waals surface area (Å²) in [4.78, 5) is 20.4. The number of ether oxygens (including phenoxy) is 1. The number of ketones is 1. The van der Waals surface area contributed by atoms with Crippen LogP contribution in [-0.4, -0.2) is 29.6 Å². The van der Waals surface area contributed by atoms with Gasteiger partial charge in [-0.05, 0) is 13.8 Å². The van der Waals surface area contributed by atoms with Crippen molar-refractivity contribution in [3.05, 3.63) is 0 Å². The maximum absolute atomic E-state index is 10.4. The number of carboxylic acid groups (broad SMARTS) is 1. The third kappa shape index (κ3) is 5.54. The van der Waals surface area contributed by atoms with Gasteiger partial charge < -0.3 is 9.84 Å². The Labute approximate surface area is 65.2 Å². The van der Waals surface area contributed by atoms with Crippen LogP contribution in [0.15, 0.2) is 0 Å². The van der Waals surface area contributed by atoms with Crippen molar-refractivity contribution in [3.8, 4) is 0 Å². The summed E-state index contributed by atoms with van der Waals surface area (Å²) in [5.41, 5.74) is 0. The Bertz CT molecular complexity index is 151. The fraction of sp³-hybridized carbons (Fsp3) is 0.714. The van der Waals surface area contributed by atoms with Gasteiger partial charge in [0, 0.05) is 6.42 Å². The highest BCUT2D eigenvalue weighted by Crippen LogP contribution is 1.91. The lowest BCUT2D eigenvalue weighted by Crippen LogP contribution is -2.16. The van der Waals surface area contributed by atoms with Gasteiger partial charge in [0.25, 0.3) is 0 Å². The summed E-state index contributed by atoms with van der Waals surface area (Å²) in [5, 5.41) is 8.14. The number of rotatable bonds is 5. The molecule has 0 rings (SSSR count). The molecule has 0 aliphatic rings. The number of carbonyl (C=O) groups is 2. The van der Waals surface area contributed by atoms with Gasteiger partial charge >= 0.3 is 5.97 Å². The molecule has 0 aromatic carbocycles. The molecule has 0 aliphatic heterocycles. The van der Waals surface area contributed by atoms with Crippen LogP contribution in [0.3, 0.4) is 0 Å². The zero-order valence-electron chi connectivity index (χ0n) is 6.66. The van der Waals surface area contributed by atoms with Crippen molar-refractivity contribution < 1.29 is 19.4 Å². The quantitative estimate of drug-likeness (QED) is 0.593. The molecule has 0 unspecified atom stereocenters. The normalized spacial score (nSPS) is 10.1. The summed E-state index contributed by atoms with van der Waals surface area (Å²) in [6, 6.07) is 0. The predicted molar refractivity (Wildman–Crippen MR) is 38.3 cm³/mol. The Hall–Kier alpha value is -0.900. The lowest BCUT2D eigenvalue weighted by Gasteiger charge is -2.04. The molecule has 0 aliphatic carbocycles. The molecule has 0 saturated heterocycles. The van der Waals surface area contributed by atoms with E-state index in [0.717, 1.165) is 0 Å². The lowest BCUT2D eigenvalue weighted by atomic mass is 10.3. The van der Waals surface area contributed by atoms with Gasteiger partial charge in [0.15, 0.2) is 0 Å². The Morgan fingerprint density at radius 1 is 1.45 bits per heavy atom. The van der Waals surface area contributed by atoms with E-state index in [0.29, 0.717) is 0 Å². The van der Waals surface area contributed by atoms with Crippen molar-refractivity contribution in [1.29, 1.82) is 0 Å². The summed E-state index contributed by atoms with van der Waals surface area (Å²) in [6.07, 6.45) is -0.00959. The molecule has 0 spiro atoms. The van der Waals surface area contributed by atoms with Crippen LogP contribution in [0.4, 0.5) is 0 Å². The van der Waals surface area contributed by atoms with E-state index in [1.165, 1.54) is 0 Å². The highest BCUT2D eigenvalue weighted by atomic mass is 16.5. The molecule has 0 heterocycles. The van der Waals surface area contributed by atoms with Crippen LogP contribution in [0.5, 0.6) is 0 Å². The number of carbonyl (C=O) groups excluding carboxylic acids is 1. The van der Waals surface area contributed by atoms with Crippen molar-refractivity contribution in [2.24, 2.45) is 0 Å². The van der Waals surface area contributed by atoms with Gasteiger partial charge in [-0.1, -0.05) is 0 Å². The van der Waals surface area contributed by atoms with E-state index >= 15 is 0 Å². The number of aliphatic carboxylic acids is 1. The smallest absolute Gasteiger partial charge is 0.372 e. The summed E-state index contributed by atoms with van der Waals surface area (Å²) in [5.74, 6) is -2.19. The molecule has 0 atom stereocenters. The minimum atomic E-state index is -1.39. The average molecular weight is 160 g/mol. The van der Waals surface area contributed by atoms with E-state index in [1.54, 1.807) is 0 Å². The predicted octanol–water partition coefficient (Wildman–Crippen LogP) is 0.455. The molecule has 4 nitrogen and oxygen atoms in total. The monoisotopic (exact) mass is 160 g/mol. The van der Waals surface area contributed by atoms with Gasteiger partial charge in [-0.3, -0.25) is 4.79 Å². The Balaban J connectivity index is 3.40. The molecule has 0 aromatic rings. The Kier molecular flexibility index (Phi) is 4.45. The van der Waals surface area contributed by atoms with Crippen molar-refractivity contribution in [3.63, 3.8) is 0 Å². The van der Waals surface area contributed by atoms with E-state index in [4.69, 9.17) is 9.84 Å². The van der Waals surface area contributed by atoms with Crippen LogP contribution >= 0.6 is 0 Å². The van der Waals surface area contributed by atoms with Crippen molar-refractivity contribution in [2.75, 3.05) is 6.61 Å². The second-order valence-corrected chi connectivity index (χ2v) is 2.40. The van der Waals surface area contributed by atoms with Gasteiger partial charge in [-0.2, -0.15) is 0 Å². The van der Waals surface area contributed by atoms with E-state index in [-0.39, 0.29) is 19.1 Å². The second-order valence-electron chi connectivity index (χ2n) is 2.40. The van der Waals surface area contributed by atoms with Crippen LogP contribution in [-0.2, 0) is 14.3 Å². The van der Waals surface area contributed by atoms with Gasteiger partial charge in [0.1, 0.15) is 0 Å². The lowest BCUT2D eigenvalue weighted by molar-refractivity contribution is -0.149. The number of carboxylic acids is 1. The van der Waals surface area contributed by atoms with Gasteiger partial charge in [-0.25, -0.2) is 4.79 Å². The number of hydrogen-bond donors (Lipinski definition) is 1. The molecule has 0 aromatic heterocycles. The van der Waals surface area contributed by atoms with Crippen LogP contribution in [0.1, 0.15) is 20.3 Å². The van der Waals surface area contributed by atoms with Crippen LogP contribution in [0.25, 0.3) is 0 Å². The summed E-state index contributed by atoms with van der Waals surface area (Å²) >= 11 is 0. The maximum atomic E-state index is 10.4. The molecule has 0 fully saturated rings. The maximum Gasteiger partial charge on any atom is 0.372 e. The molecular formula is C7H12O4. The topological polar surface area (TPSA) is 63.6 Å². The van der Waals surface area contributed by atoms with E-state index in [1.807, 2.05) is 13.8 Å². The molecule has 64 valence electrons. The first-order valence-corrected chi connectivity index (χ1v) is 3.41. The minimum absolute atomic E-state index is 0.0385. The zero-order chi connectivity index (χ0) is 8.85. The first-order valence-electron chi connectivity index (χ1n) is 3.41. The van der Waals surface area contributed by atoms with E-state index < -0.39 is 11.8 Å². The zero-order valence-corrected chi connectivity index (χ0v) is 6.66. The number of Topliss-reactive ketones (excluding diaryl/α,β-unsaturated/α-hetero) is 1. The minimum Gasteiger partial charge on any atom is -0.475 e. The van der Waals surface area contributed by atoms with Crippen LogP contribution in [0, 0.1) is 0 Å². The fourth-order valence-electron chi connectivity index (χ4n) is 0.494. The van der Waals surface area contributed by atoms with Crippen molar-refractivity contribution in [1.82, 2.24) is 0 Å². The van der Waals surface area contributed by atoms with E-state index in [2.05, 4.69) is 0 Å². The standard InChI is InChI=1S/C7H12O4/c1-5(2)11-4-3-6(8)7(9)10/h5H,3-4H2,1-2H3,(H,9,10). The molecule has 4 heteroatoms. The molecular weight excluding hydrogens is 148 g/mol. The molecule has 1 N–H and O–H groups in total. The largest absolute Gasteiger partial charge is 0.475 e. The van der Waals surface area contributed by atoms with Gasteiger partial charge in [0.2, 0.25) is 5.78 Å². The summed E-state index contributed by atoms with van der Waals surface area (Å²) in [6.45, 7) is 3.83. The molecule has 11 heavy (non-hydrogen) atoms. The second kappa shape index (κ2) is 4.85. The van der Waals surface area contributed by atoms with Crippen LogP contribution in [0.2, 0.25) is 0 Å². The molecule has 0 radical (unpaired) electrons. The third-order valence-electron chi connectivity index (χ3n) is 1.02. The SMILES string of the molecule is CC(C)OCCC(=O)C(=O)O. The summed E-state index contributed by atoms with van der Waals surface area (Å²) in [7, 11) is 0. The van der Waals surface area contributed by atoms with Gasteiger partial charge in [-0.15, -0.1) is 0 Å². The van der Waals surface area contributed by atoms with E-state index in [9.17, 15) is 9.59 Å². The third-order valence-corrected chi connectivity index (χ3v) is 1.02. The first-order chi connectivity index (χ1) is 5.04. The van der Waals surface area contributed by atoms with Gasteiger partial charge in [0.05, 0.1) is 12.7 Å². The first kappa shape index (κ1) is 10.1. The molecule has 0 amide bonds. The fourth-order valence-corrected chi connectivity index (χ4v) is 0.494. The molecule has 0 saturated carbocycles. The molecule has 0 bridgehead atoms. The average Bonchev–Trinajstić information content (AvgIpc) is 1.86. The Morgan fingerprint density at radius 2 is 2.00 bits per heavy atom. The summed E-state index contributed by atoms with van der Waals surface area (Å²) < 4.78 is 4.98. The highest BCUT2D eigenvalue weighted by molar-refractivity contribution is 6.32. The highest BCUT2D eigenvalue weighted by Gasteiger charge is 2.10. The van der Waals surface area contributed by atoms with Crippen molar-refractivity contribution in [2.45, 2.75) is 26.4 Å².